The van der Waals surface area contributed by atoms with E-state index in [1.807, 2.05) is 16.8 Å². The zero-order chi connectivity index (χ0) is 12.5. The summed E-state index contributed by atoms with van der Waals surface area (Å²) in [5.41, 5.74) is 7.01. The molecule has 2 aromatic heterocycles. The van der Waals surface area contributed by atoms with Gasteiger partial charge in [0.2, 0.25) is 0 Å². The fourth-order valence-corrected chi connectivity index (χ4v) is 2.23. The average Bonchev–Trinajstić information content (AvgIpc) is 2.98. The molecule has 5 nitrogen and oxygen atoms in total. The summed E-state index contributed by atoms with van der Waals surface area (Å²) < 4.78 is 15.3. The monoisotopic (exact) mass is 261 g/mol. The van der Waals surface area contributed by atoms with Crippen molar-refractivity contribution < 1.29 is 4.39 Å². The maximum absolute atomic E-state index is 13.8. The highest BCUT2D eigenvalue weighted by Crippen LogP contribution is 2.24. The van der Waals surface area contributed by atoms with Crippen molar-refractivity contribution in [1.29, 1.82) is 0 Å². The van der Waals surface area contributed by atoms with Gasteiger partial charge in [-0.1, -0.05) is 0 Å². The van der Waals surface area contributed by atoms with Gasteiger partial charge in [0.05, 0.1) is 11.3 Å². The molecule has 3 rings (SSSR count). The summed E-state index contributed by atoms with van der Waals surface area (Å²) in [6.07, 6.45) is 0. The average molecular weight is 261 g/mol. The van der Waals surface area contributed by atoms with Gasteiger partial charge in [0.15, 0.2) is 5.82 Å². The van der Waals surface area contributed by atoms with E-state index < -0.39 is 5.82 Å². The molecular weight excluding hydrogens is 253 g/mol. The predicted molar refractivity (Wildman–Crippen MR) is 66.8 cm³/mol. The summed E-state index contributed by atoms with van der Waals surface area (Å²) in [5.74, 6) is -0.0906. The molecule has 7 heteroatoms. The van der Waals surface area contributed by atoms with E-state index in [0.29, 0.717) is 17.1 Å². The van der Waals surface area contributed by atoms with Gasteiger partial charge in [0, 0.05) is 11.1 Å². The van der Waals surface area contributed by atoms with Crippen LogP contribution in [0.4, 0.5) is 10.1 Å². The number of hydrogen-bond donors (Lipinski definition) is 1. The van der Waals surface area contributed by atoms with Crippen LogP contribution in [-0.2, 0) is 0 Å². The Bertz CT molecular complexity index is 677. The second-order valence-corrected chi connectivity index (χ2v) is 4.42. The normalized spacial score (nSPS) is 10.7. The topological polar surface area (TPSA) is 69.6 Å². The van der Waals surface area contributed by atoms with Gasteiger partial charge in [-0.15, -0.1) is 5.10 Å². The Labute approximate surface area is 106 Å². The van der Waals surface area contributed by atoms with E-state index in [9.17, 15) is 4.39 Å². The molecule has 0 saturated heterocycles. The molecule has 2 N–H and O–H groups in total. The molecule has 0 spiro atoms. The van der Waals surface area contributed by atoms with Crippen LogP contribution < -0.4 is 5.73 Å². The van der Waals surface area contributed by atoms with Gasteiger partial charge in [-0.2, -0.15) is 16.0 Å². The van der Waals surface area contributed by atoms with Crippen molar-refractivity contribution in [3.63, 3.8) is 0 Å². The van der Waals surface area contributed by atoms with E-state index in [2.05, 4.69) is 15.5 Å². The molecule has 0 amide bonds. The van der Waals surface area contributed by atoms with Crippen molar-refractivity contribution in [2.45, 2.75) is 0 Å². The number of nitrogens with zero attached hydrogens (tertiary/aromatic N) is 4. The minimum absolute atomic E-state index is 0.320. The molecule has 0 fully saturated rings. The van der Waals surface area contributed by atoms with E-state index in [0.717, 1.165) is 5.69 Å². The van der Waals surface area contributed by atoms with Crippen LogP contribution in [0.15, 0.2) is 35.0 Å². The molecule has 0 aliphatic carbocycles. The number of anilines is 1. The highest BCUT2D eigenvalue weighted by atomic mass is 32.1. The minimum atomic E-state index is -0.443. The standard InChI is InChI=1S/C11H8FN5S/c12-10-5-7(13)1-2-9(10)11-14-15-16-17(11)8-3-4-18-6-8/h1-6H,13H2. The third-order valence-electron chi connectivity index (χ3n) is 2.45. The molecule has 0 bridgehead atoms. The fraction of sp³-hybridized carbons (Fsp3) is 0. The van der Waals surface area contributed by atoms with Gasteiger partial charge in [0.25, 0.3) is 0 Å². The molecule has 1 aromatic carbocycles. The lowest BCUT2D eigenvalue weighted by Gasteiger charge is -2.04. The summed E-state index contributed by atoms with van der Waals surface area (Å²) in [6, 6.07) is 6.30. The van der Waals surface area contributed by atoms with Crippen LogP contribution in [-0.4, -0.2) is 20.2 Å². The van der Waals surface area contributed by atoms with Crippen LogP contribution in [0.1, 0.15) is 0 Å². The summed E-state index contributed by atoms with van der Waals surface area (Å²) in [4.78, 5) is 0. The molecule has 90 valence electrons. The van der Waals surface area contributed by atoms with E-state index in [4.69, 9.17) is 5.73 Å². The quantitative estimate of drug-likeness (QED) is 0.717. The largest absolute Gasteiger partial charge is 0.399 e. The number of rotatable bonds is 2. The molecule has 0 atom stereocenters. The SMILES string of the molecule is Nc1ccc(-c2nnnn2-c2ccsc2)c(F)c1. The van der Waals surface area contributed by atoms with Crippen LogP contribution in [0.5, 0.6) is 0 Å². The lowest BCUT2D eigenvalue weighted by Crippen LogP contribution is -2.00. The molecule has 0 aliphatic rings. The molecule has 0 radical (unpaired) electrons. The summed E-state index contributed by atoms with van der Waals surface area (Å²) >= 11 is 1.52. The van der Waals surface area contributed by atoms with Crippen molar-refractivity contribution in [3.8, 4) is 17.1 Å². The Balaban J connectivity index is 2.16. The minimum Gasteiger partial charge on any atom is -0.399 e. The number of aromatic nitrogens is 4. The van der Waals surface area contributed by atoms with Crippen molar-refractivity contribution in [3.05, 3.63) is 40.8 Å². The predicted octanol–water partition coefficient (Wildman–Crippen LogP) is 2.11. The van der Waals surface area contributed by atoms with Crippen LogP contribution in [0.25, 0.3) is 17.1 Å². The third kappa shape index (κ3) is 1.74. The first kappa shape index (κ1) is 10.8. The first-order valence-electron chi connectivity index (χ1n) is 5.12. The van der Waals surface area contributed by atoms with E-state index in [1.54, 1.807) is 12.1 Å². The van der Waals surface area contributed by atoms with Crippen LogP contribution in [0.2, 0.25) is 0 Å². The van der Waals surface area contributed by atoms with E-state index in [-0.39, 0.29) is 0 Å². The van der Waals surface area contributed by atoms with Crippen molar-refractivity contribution in [2.75, 3.05) is 5.73 Å². The van der Waals surface area contributed by atoms with Crippen LogP contribution in [0, 0.1) is 5.82 Å². The number of halogens is 1. The Morgan fingerprint density at radius 3 is 2.89 bits per heavy atom. The molecule has 0 aliphatic heterocycles. The molecule has 2 heterocycles. The van der Waals surface area contributed by atoms with Gasteiger partial charge < -0.3 is 5.73 Å². The first-order chi connectivity index (χ1) is 8.75. The van der Waals surface area contributed by atoms with E-state index in [1.165, 1.54) is 22.1 Å². The van der Waals surface area contributed by atoms with E-state index >= 15 is 0 Å². The molecule has 18 heavy (non-hydrogen) atoms. The van der Waals surface area contributed by atoms with Gasteiger partial charge >= 0.3 is 0 Å². The van der Waals surface area contributed by atoms with Crippen molar-refractivity contribution in [2.24, 2.45) is 0 Å². The number of nitrogen functional groups attached to an aromatic ring is 1. The summed E-state index contributed by atoms with van der Waals surface area (Å²) in [7, 11) is 0. The first-order valence-corrected chi connectivity index (χ1v) is 6.06. The van der Waals surface area contributed by atoms with Gasteiger partial charge in [0.1, 0.15) is 5.82 Å². The number of benzene rings is 1. The highest BCUT2D eigenvalue weighted by Gasteiger charge is 2.14. The Morgan fingerprint density at radius 2 is 2.17 bits per heavy atom. The third-order valence-corrected chi connectivity index (χ3v) is 3.13. The second-order valence-electron chi connectivity index (χ2n) is 3.64. The number of tetrazole rings is 1. The zero-order valence-corrected chi connectivity index (χ0v) is 9.93. The molecular formula is C11H8FN5S. The number of nitrogens with two attached hydrogens (primary N) is 1. The second kappa shape index (κ2) is 4.19. The van der Waals surface area contributed by atoms with Crippen molar-refractivity contribution in [1.82, 2.24) is 20.2 Å². The molecule has 0 saturated carbocycles. The van der Waals surface area contributed by atoms with Gasteiger partial charge in [-0.25, -0.2) is 4.39 Å². The maximum atomic E-state index is 13.8. The van der Waals surface area contributed by atoms with Crippen LogP contribution >= 0.6 is 11.3 Å². The lowest BCUT2D eigenvalue weighted by molar-refractivity contribution is 0.629. The summed E-state index contributed by atoms with van der Waals surface area (Å²) in [6.45, 7) is 0. The van der Waals surface area contributed by atoms with Gasteiger partial charge in [-0.05, 0) is 40.1 Å². The Morgan fingerprint density at radius 1 is 1.28 bits per heavy atom. The zero-order valence-electron chi connectivity index (χ0n) is 9.12. The highest BCUT2D eigenvalue weighted by molar-refractivity contribution is 7.08. The number of thiophene rings is 1. The van der Waals surface area contributed by atoms with Gasteiger partial charge in [-0.3, -0.25) is 0 Å². The Kier molecular flexibility index (Phi) is 2.52. The summed E-state index contributed by atoms with van der Waals surface area (Å²) in [5, 5.41) is 15.1. The smallest absolute Gasteiger partial charge is 0.190 e. The Hall–Kier alpha value is -2.28. The lowest BCUT2D eigenvalue weighted by atomic mass is 10.2. The van der Waals surface area contributed by atoms with Crippen LogP contribution in [0.3, 0.4) is 0 Å². The number of hydrogen-bond acceptors (Lipinski definition) is 5. The fourth-order valence-electron chi connectivity index (χ4n) is 1.62. The molecule has 3 aromatic rings. The molecule has 0 unspecified atom stereocenters. The maximum Gasteiger partial charge on any atom is 0.190 e. The van der Waals surface area contributed by atoms with Crippen molar-refractivity contribution >= 4 is 17.0 Å².